The SMILES string of the molecule is Nc1ccccc1C(=O)/C=C/c1cn(-c2ccccc2)nc1-c1ccc(Cl)cc1. The van der Waals surface area contributed by atoms with Crippen LogP contribution in [-0.4, -0.2) is 15.6 Å². The molecular formula is C24H18ClN3O. The number of carbonyl (C=O) groups is 1. The van der Waals surface area contributed by atoms with E-state index < -0.39 is 0 Å². The molecule has 29 heavy (non-hydrogen) atoms. The molecule has 142 valence electrons. The molecule has 0 bridgehead atoms. The van der Waals surface area contributed by atoms with Crippen LogP contribution in [-0.2, 0) is 0 Å². The Morgan fingerprint density at radius 3 is 2.34 bits per heavy atom. The number of carbonyl (C=O) groups excluding carboxylic acids is 1. The summed E-state index contributed by atoms with van der Waals surface area (Å²) in [5.74, 6) is -0.155. The Morgan fingerprint density at radius 1 is 0.931 bits per heavy atom. The number of ketones is 1. The monoisotopic (exact) mass is 399 g/mol. The number of hydrogen-bond donors (Lipinski definition) is 1. The van der Waals surface area contributed by atoms with Crippen molar-refractivity contribution >= 4 is 29.1 Å². The van der Waals surface area contributed by atoms with Gasteiger partial charge >= 0.3 is 0 Å². The smallest absolute Gasteiger partial charge is 0.187 e. The molecule has 0 fully saturated rings. The first-order chi connectivity index (χ1) is 14.1. The van der Waals surface area contributed by atoms with Crippen LogP contribution in [0.5, 0.6) is 0 Å². The lowest BCUT2D eigenvalue weighted by Crippen LogP contribution is -1.99. The molecule has 0 aliphatic rings. The van der Waals surface area contributed by atoms with Crippen molar-refractivity contribution in [3.8, 4) is 16.9 Å². The van der Waals surface area contributed by atoms with Crippen molar-refractivity contribution in [3.63, 3.8) is 0 Å². The maximum atomic E-state index is 12.6. The number of halogens is 1. The predicted molar refractivity (Wildman–Crippen MR) is 118 cm³/mol. The Bertz CT molecular complexity index is 1180. The van der Waals surface area contributed by atoms with Gasteiger partial charge in [-0.1, -0.05) is 54.1 Å². The lowest BCUT2D eigenvalue weighted by molar-refractivity contribution is 0.104. The minimum absolute atomic E-state index is 0.155. The number of anilines is 1. The van der Waals surface area contributed by atoms with Gasteiger partial charge in [0.05, 0.1) is 11.4 Å². The van der Waals surface area contributed by atoms with Gasteiger partial charge in [-0.25, -0.2) is 4.68 Å². The van der Waals surface area contributed by atoms with E-state index in [1.807, 2.05) is 60.8 Å². The molecule has 4 nitrogen and oxygen atoms in total. The molecule has 5 heteroatoms. The zero-order valence-electron chi connectivity index (χ0n) is 15.5. The predicted octanol–water partition coefficient (Wildman–Crippen LogP) is 5.67. The third-order valence-corrected chi connectivity index (χ3v) is 4.77. The van der Waals surface area contributed by atoms with Crippen LogP contribution in [0.1, 0.15) is 15.9 Å². The van der Waals surface area contributed by atoms with Crippen LogP contribution in [0.25, 0.3) is 23.0 Å². The summed E-state index contributed by atoms with van der Waals surface area (Å²) in [6.07, 6.45) is 5.19. The minimum atomic E-state index is -0.155. The van der Waals surface area contributed by atoms with Gasteiger partial charge in [0, 0.05) is 33.6 Å². The number of para-hydroxylation sites is 2. The van der Waals surface area contributed by atoms with Crippen LogP contribution < -0.4 is 5.73 Å². The molecule has 0 aliphatic carbocycles. The van der Waals surface area contributed by atoms with Crippen LogP contribution in [0, 0.1) is 0 Å². The van der Waals surface area contributed by atoms with E-state index in [2.05, 4.69) is 0 Å². The van der Waals surface area contributed by atoms with Crippen molar-refractivity contribution in [1.29, 1.82) is 0 Å². The van der Waals surface area contributed by atoms with Gasteiger partial charge in [-0.3, -0.25) is 4.79 Å². The molecule has 0 radical (unpaired) electrons. The van der Waals surface area contributed by atoms with Gasteiger partial charge in [0.2, 0.25) is 0 Å². The van der Waals surface area contributed by atoms with Crippen LogP contribution in [0.15, 0.2) is 91.1 Å². The van der Waals surface area contributed by atoms with E-state index in [0.717, 1.165) is 22.5 Å². The molecule has 0 atom stereocenters. The van der Waals surface area contributed by atoms with E-state index >= 15 is 0 Å². The van der Waals surface area contributed by atoms with Crippen molar-refractivity contribution in [1.82, 2.24) is 9.78 Å². The number of hydrogen-bond acceptors (Lipinski definition) is 3. The highest BCUT2D eigenvalue weighted by molar-refractivity contribution is 6.30. The number of allylic oxidation sites excluding steroid dienone is 1. The van der Waals surface area contributed by atoms with Gasteiger partial charge in [0.15, 0.2) is 5.78 Å². The zero-order valence-corrected chi connectivity index (χ0v) is 16.3. The van der Waals surface area contributed by atoms with Crippen molar-refractivity contribution in [2.45, 2.75) is 0 Å². The standard InChI is InChI=1S/C24H18ClN3O/c25-19-13-10-17(11-14-19)24-18(16-28(27-24)20-6-2-1-3-7-20)12-15-23(29)21-8-4-5-9-22(21)26/h1-16H,26H2/b15-12+. The maximum Gasteiger partial charge on any atom is 0.187 e. The number of benzene rings is 3. The third-order valence-electron chi connectivity index (χ3n) is 4.52. The molecule has 0 amide bonds. The summed E-state index contributed by atoms with van der Waals surface area (Å²) in [5, 5.41) is 5.39. The van der Waals surface area contributed by atoms with E-state index in [4.69, 9.17) is 22.4 Å². The van der Waals surface area contributed by atoms with Gasteiger partial charge in [-0.15, -0.1) is 0 Å². The second-order valence-electron chi connectivity index (χ2n) is 6.50. The molecular weight excluding hydrogens is 382 g/mol. The number of rotatable bonds is 5. The normalized spacial score (nSPS) is 11.1. The fraction of sp³-hybridized carbons (Fsp3) is 0. The third kappa shape index (κ3) is 4.13. The molecule has 0 saturated heterocycles. The number of nitrogens with two attached hydrogens (primary N) is 1. The quantitative estimate of drug-likeness (QED) is 0.267. The van der Waals surface area contributed by atoms with E-state index in [1.165, 1.54) is 6.08 Å². The van der Waals surface area contributed by atoms with Crippen LogP contribution >= 0.6 is 11.6 Å². The number of aromatic nitrogens is 2. The van der Waals surface area contributed by atoms with Crippen LogP contribution in [0.4, 0.5) is 5.69 Å². The zero-order chi connectivity index (χ0) is 20.2. The van der Waals surface area contributed by atoms with Crippen molar-refractivity contribution in [3.05, 3.63) is 107 Å². The Labute approximate surface area is 173 Å². The molecule has 0 saturated carbocycles. The molecule has 0 aliphatic heterocycles. The van der Waals surface area contributed by atoms with Gasteiger partial charge in [0.1, 0.15) is 0 Å². The van der Waals surface area contributed by atoms with Gasteiger partial charge in [0.25, 0.3) is 0 Å². The summed E-state index contributed by atoms with van der Waals surface area (Å²) in [6.45, 7) is 0. The highest BCUT2D eigenvalue weighted by Gasteiger charge is 2.12. The molecule has 0 spiro atoms. The summed E-state index contributed by atoms with van der Waals surface area (Å²) in [4.78, 5) is 12.6. The molecule has 1 heterocycles. The fourth-order valence-electron chi connectivity index (χ4n) is 3.03. The summed E-state index contributed by atoms with van der Waals surface area (Å²) in [5.41, 5.74) is 10.3. The molecule has 4 aromatic rings. The Morgan fingerprint density at radius 2 is 1.62 bits per heavy atom. The average Bonchev–Trinajstić information content (AvgIpc) is 3.18. The first-order valence-corrected chi connectivity index (χ1v) is 9.47. The highest BCUT2D eigenvalue weighted by atomic mass is 35.5. The summed E-state index contributed by atoms with van der Waals surface area (Å²) in [7, 11) is 0. The van der Waals surface area contributed by atoms with Gasteiger partial charge < -0.3 is 5.73 Å². The lowest BCUT2D eigenvalue weighted by Gasteiger charge is -2.01. The Kier molecular flexibility index (Phi) is 5.27. The van der Waals surface area contributed by atoms with Crippen molar-refractivity contribution < 1.29 is 4.79 Å². The molecule has 1 aromatic heterocycles. The highest BCUT2D eigenvalue weighted by Crippen LogP contribution is 2.26. The fourth-order valence-corrected chi connectivity index (χ4v) is 3.16. The lowest BCUT2D eigenvalue weighted by atomic mass is 10.1. The topological polar surface area (TPSA) is 60.9 Å². The van der Waals surface area contributed by atoms with E-state index in [9.17, 15) is 4.79 Å². The second-order valence-corrected chi connectivity index (χ2v) is 6.94. The molecule has 4 rings (SSSR count). The summed E-state index contributed by atoms with van der Waals surface area (Å²) >= 11 is 6.03. The molecule has 3 aromatic carbocycles. The van der Waals surface area contributed by atoms with Crippen LogP contribution in [0.2, 0.25) is 5.02 Å². The largest absolute Gasteiger partial charge is 0.398 e. The van der Waals surface area contributed by atoms with Crippen molar-refractivity contribution in [2.75, 3.05) is 5.73 Å². The van der Waals surface area contributed by atoms with Gasteiger partial charge in [-0.2, -0.15) is 5.10 Å². The average molecular weight is 400 g/mol. The number of nitrogen functional groups attached to an aromatic ring is 1. The van der Waals surface area contributed by atoms with E-state index in [0.29, 0.717) is 16.3 Å². The maximum absolute atomic E-state index is 12.6. The first-order valence-electron chi connectivity index (χ1n) is 9.10. The van der Waals surface area contributed by atoms with Crippen molar-refractivity contribution in [2.24, 2.45) is 0 Å². The van der Waals surface area contributed by atoms with Crippen LogP contribution in [0.3, 0.4) is 0 Å². The van der Waals surface area contributed by atoms with E-state index in [-0.39, 0.29) is 5.78 Å². The van der Waals surface area contributed by atoms with Gasteiger partial charge in [-0.05, 0) is 48.6 Å². The number of nitrogens with zero attached hydrogens (tertiary/aromatic N) is 2. The Balaban J connectivity index is 1.75. The van der Waals surface area contributed by atoms with E-state index in [1.54, 1.807) is 35.0 Å². The molecule has 0 unspecified atom stereocenters. The molecule has 2 N–H and O–H groups in total. The summed E-state index contributed by atoms with van der Waals surface area (Å²) < 4.78 is 1.80. The Hall–Kier alpha value is -3.63. The first kappa shape index (κ1) is 18.7. The second kappa shape index (κ2) is 8.17. The minimum Gasteiger partial charge on any atom is -0.398 e. The summed E-state index contributed by atoms with van der Waals surface area (Å²) in [6, 6.07) is 24.3.